The predicted octanol–water partition coefficient (Wildman–Crippen LogP) is 4.08. The second kappa shape index (κ2) is 5.34. The van der Waals surface area contributed by atoms with Crippen LogP contribution in [0.2, 0.25) is 0 Å². The summed E-state index contributed by atoms with van der Waals surface area (Å²) in [6, 6.07) is 0. The first-order valence-electron chi connectivity index (χ1n) is 6.38. The summed E-state index contributed by atoms with van der Waals surface area (Å²) in [5, 5.41) is 3.54. The van der Waals surface area contributed by atoms with Crippen LogP contribution >= 0.6 is 0 Å². The van der Waals surface area contributed by atoms with E-state index in [1.165, 1.54) is 12.8 Å². The van der Waals surface area contributed by atoms with Crippen LogP contribution in [0.1, 0.15) is 61.3 Å². The second-order valence-corrected chi connectivity index (χ2v) is 6.30. The van der Waals surface area contributed by atoms with Crippen molar-refractivity contribution in [1.82, 2.24) is 5.32 Å². The third kappa shape index (κ3) is 3.79. The summed E-state index contributed by atoms with van der Waals surface area (Å²) < 4.78 is 0. The summed E-state index contributed by atoms with van der Waals surface area (Å²) in [5.74, 6) is 1.45. The van der Waals surface area contributed by atoms with Crippen molar-refractivity contribution in [2.75, 3.05) is 7.05 Å². The normalized spacial score (nSPS) is 19.0. The number of hydrogen-bond acceptors (Lipinski definition) is 1. The fourth-order valence-corrected chi connectivity index (χ4v) is 2.11. The van der Waals surface area contributed by atoms with Crippen LogP contribution in [-0.2, 0) is 0 Å². The fourth-order valence-electron chi connectivity index (χ4n) is 2.11. The Morgan fingerprint density at radius 1 is 1.07 bits per heavy atom. The van der Waals surface area contributed by atoms with Crippen LogP contribution in [0.15, 0.2) is 0 Å². The first-order chi connectivity index (χ1) is 6.69. The molecule has 0 aliphatic carbocycles. The average Bonchev–Trinajstić information content (AvgIpc) is 2.15. The molecule has 1 nitrogen and oxygen atoms in total. The van der Waals surface area contributed by atoms with E-state index in [1.54, 1.807) is 0 Å². The molecule has 0 spiro atoms. The van der Waals surface area contributed by atoms with Crippen LogP contribution in [0.25, 0.3) is 0 Å². The molecule has 0 saturated heterocycles. The summed E-state index contributed by atoms with van der Waals surface area (Å²) in [4.78, 5) is 0. The van der Waals surface area contributed by atoms with Crippen molar-refractivity contribution in [3.63, 3.8) is 0 Å². The highest BCUT2D eigenvalue weighted by molar-refractivity contribution is 4.92. The Morgan fingerprint density at radius 3 is 1.80 bits per heavy atom. The van der Waals surface area contributed by atoms with Crippen LogP contribution in [0, 0.1) is 17.3 Å². The maximum Gasteiger partial charge on any atom is 0.0180 e. The van der Waals surface area contributed by atoms with Crippen molar-refractivity contribution in [2.24, 2.45) is 17.3 Å². The highest BCUT2D eigenvalue weighted by atomic mass is 14.9. The van der Waals surface area contributed by atoms with E-state index in [1.807, 2.05) is 0 Å². The maximum atomic E-state index is 3.54. The lowest BCUT2D eigenvalue weighted by atomic mass is 9.68. The molecule has 0 aromatic rings. The van der Waals surface area contributed by atoms with Gasteiger partial charge in [0.2, 0.25) is 0 Å². The Kier molecular flexibility index (Phi) is 5.32. The summed E-state index contributed by atoms with van der Waals surface area (Å²) in [6.07, 6.45) is 2.48. The van der Waals surface area contributed by atoms with Crippen molar-refractivity contribution in [1.29, 1.82) is 0 Å². The molecule has 1 N–H and O–H groups in total. The fraction of sp³-hybridized carbons (Fsp3) is 1.00. The van der Waals surface area contributed by atoms with Gasteiger partial charge in [-0.15, -0.1) is 0 Å². The Balaban J connectivity index is 4.70. The molecule has 0 aromatic heterocycles. The van der Waals surface area contributed by atoms with Gasteiger partial charge in [0.25, 0.3) is 0 Å². The highest BCUT2D eigenvalue weighted by Crippen LogP contribution is 2.38. The molecule has 2 atom stereocenters. The van der Waals surface area contributed by atoms with E-state index in [0.717, 1.165) is 11.8 Å². The zero-order chi connectivity index (χ0) is 12.3. The van der Waals surface area contributed by atoms with Crippen LogP contribution in [0.3, 0.4) is 0 Å². The summed E-state index contributed by atoms with van der Waals surface area (Å²) >= 11 is 0. The third-order valence-electron chi connectivity index (χ3n) is 4.66. The lowest BCUT2D eigenvalue weighted by Crippen LogP contribution is -2.49. The van der Waals surface area contributed by atoms with Crippen molar-refractivity contribution < 1.29 is 0 Å². The molecule has 0 aromatic carbocycles. The van der Waals surface area contributed by atoms with Crippen molar-refractivity contribution in [2.45, 2.75) is 66.8 Å². The van der Waals surface area contributed by atoms with Gasteiger partial charge in [-0.05, 0) is 37.6 Å². The summed E-state index contributed by atoms with van der Waals surface area (Å²) in [7, 11) is 2.10. The largest absolute Gasteiger partial charge is 0.314 e. The van der Waals surface area contributed by atoms with Gasteiger partial charge in [-0.25, -0.2) is 0 Å². The van der Waals surface area contributed by atoms with Gasteiger partial charge < -0.3 is 5.32 Å². The lowest BCUT2D eigenvalue weighted by Gasteiger charge is -2.43. The van der Waals surface area contributed by atoms with Crippen LogP contribution < -0.4 is 5.32 Å². The SMILES string of the molecule is CCC(C)C(C)(CC(C)(C)C(C)C)NC. The van der Waals surface area contributed by atoms with Crippen molar-refractivity contribution in [3.05, 3.63) is 0 Å². The minimum Gasteiger partial charge on any atom is -0.314 e. The molecule has 0 aliphatic heterocycles. The maximum absolute atomic E-state index is 3.54. The third-order valence-corrected chi connectivity index (χ3v) is 4.66. The van der Waals surface area contributed by atoms with Gasteiger partial charge in [0.05, 0.1) is 0 Å². The zero-order valence-corrected chi connectivity index (χ0v) is 12.1. The van der Waals surface area contributed by atoms with E-state index < -0.39 is 0 Å². The Morgan fingerprint density at radius 2 is 1.53 bits per heavy atom. The molecule has 1 heteroatoms. The minimum atomic E-state index is 0.266. The molecule has 0 fully saturated rings. The first kappa shape index (κ1) is 15.0. The van der Waals surface area contributed by atoms with E-state index in [0.29, 0.717) is 5.41 Å². The molecule has 0 saturated carbocycles. The molecule has 0 rings (SSSR count). The standard InChI is InChI=1S/C14H31N/c1-9-12(4)14(7,15-8)10-13(5,6)11(2)3/h11-12,15H,9-10H2,1-8H3. The Labute approximate surface area is 97.0 Å². The lowest BCUT2D eigenvalue weighted by molar-refractivity contribution is 0.118. The quantitative estimate of drug-likeness (QED) is 0.701. The van der Waals surface area contributed by atoms with Gasteiger partial charge in [-0.2, -0.15) is 0 Å². The minimum absolute atomic E-state index is 0.266. The molecular formula is C14H31N. The number of rotatable bonds is 6. The monoisotopic (exact) mass is 213 g/mol. The molecule has 0 aliphatic rings. The van der Waals surface area contributed by atoms with Crippen LogP contribution in [0.5, 0.6) is 0 Å². The predicted molar refractivity (Wildman–Crippen MR) is 70.2 cm³/mol. The molecular weight excluding hydrogens is 182 g/mol. The van der Waals surface area contributed by atoms with Gasteiger partial charge >= 0.3 is 0 Å². The van der Waals surface area contributed by atoms with Crippen molar-refractivity contribution >= 4 is 0 Å². The first-order valence-corrected chi connectivity index (χ1v) is 6.38. The molecule has 92 valence electrons. The zero-order valence-electron chi connectivity index (χ0n) is 12.1. The van der Waals surface area contributed by atoms with E-state index in [4.69, 9.17) is 0 Å². The summed E-state index contributed by atoms with van der Waals surface area (Å²) in [6.45, 7) is 16.4. The second-order valence-electron chi connectivity index (χ2n) is 6.30. The van der Waals surface area contributed by atoms with Gasteiger partial charge in [-0.1, -0.05) is 48.0 Å². The van der Waals surface area contributed by atoms with Crippen LogP contribution in [0.4, 0.5) is 0 Å². The van der Waals surface area contributed by atoms with E-state index in [-0.39, 0.29) is 5.54 Å². The number of hydrogen-bond donors (Lipinski definition) is 1. The molecule has 0 bridgehead atoms. The molecule has 0 radical (unpaired) electrons. The van der Waals surface area contributed by atoms with Gasteiger partial charge in [0.1, 0.15) is 0 Å². The van der Waals surface area contributed by atoms with Crippen molar-refractivity contribution in [3.8, 4) is 0 Å². The van der Waals surface area contributed by atoms with E-state index in [9.17, 15) is 0 Å². The van der Waals surface area contributed by atoms with Gasteiger partial charge in [-0.3, -0.25) is 0 Å². The smallest absolute Gasteiger partial charge is 0.0180 e. The van der Waals surface area contributed by atoms with E-state index >= 15 is 0 Å². The van der Waals surface area contributed by atoms with Gasteiger partial charge in [0, 0.05) is 5.54 Å². The topological polar surface area (TPSA) is 12.0 Å². The average molecular weight is 213 g/mol. The molecule has 15 heavy (non-hydrogen) atoms. The summed E-state index contributed by atoms with van der Waals surface area (Å²) in [5.41, 5.74) is 0.670. The van der Waals surface area contributed by atoms with Crippen LogP contribution in [-0.4, -0.2) is 12.6 Å². The highest BCUT2D eigenvalue weighted by Gasteiger charge is 2.36. The van der Waals surface area contributed by atoms with Gasteiger partial charge in [0.15, 0.2) is 0 Å². The molecule has 2 unspecified atom stereocenters. The van der Waals surface area contributed by atoms with E-state index in [2.05, 4.69) is 60.8 Å². The molecule has 0 heterocycles. The number of nitrogens with one attached hydrogen (secondary N) is 1. The Bertz CT molecular complexity index is 184. The molecule has 0 amide bonds. The Hall–Kier alpha value is -0.0400.